The lowest BCUT2D eigenvalue weighted by Crippen LogP contribution is -2.44. The number of amides is 2. The Morgan fingerprint density at radius 1 is 1.32 bits per heavy atom. The van der Waals surface area contributed by atoms with E-state index in [1.807, 2.05) is 30.3 Å². The average molecular weight is 264 g/mol. The first-order chi connectivity index (χ1) is 9.02. The number of aliphatic hydroxyl groups excluding tert-OH is 1. The molecule has 0 aromatic heterocycles. The number of carbonyl (C=O) groups is 2. The second-order valence-corrected chi connectivity index (χ2v) is 4.51. The first-order valence-electron chi connectivity index (χ1n) is 6.18. The molecular formula is C14H20N2O3. The van der Waals surface area contributed by atoms with Gasteiger partial charge < -0.3 is 15.3 Å². The number of benzene rings is 1. The van der Waals surface area contributed by atoms with Crippen LogP contribution in [0.2, 0.25) is 0 Å². The molecule has 1 aromatic carbocycles. The predicted octanol–water partition coefficient (Wildman–Crippen LogP) is 0.185. The summed E-state index contributed by atoms with van der Waals surface area (Å²) in [6.07, 6.45) is 0.562. The van der Waals surface area contributed by atoms with Gasteiger partial charge in [0, 0.05) is 14.0 Å². The maximum Gasteiger partial charge on any atom is 0.239 e. The van der Waals surface area contributed by atoms with Gasteiger partial charge in [0.15, 0.2) is 0 Å². The topological polar surface area (TPSA) is 69.6 Å². The van der Waals surface area contributed by atoms with E-state index in [1.165, 1.54) is 11.8 Å². The zero-order valence-electron chi connectivity index (χ0n) is 11.3. The van der Waals surface area contributed by atoms with Crippen molar-refractivity contribution in [3.63, 3.8) is 0 Å². The van der Waals surface area contributed by atoms with Gasteiger partial charge in [-0.3, -0.25) is 9.59 Å². The summed E-state index contributed by atoms with van der Waals surface area (Å²) in [6.45, 7) is 1.27. The standard InChI is InChI=1S/C14H20N2O3/c1-11(18)16(2)9-14(19)15-13(10-17)8-12-6-4-3-5-7-12/h3-7,13,17H,8-10H2,1-2H3,(H,15,19)/t13-/m1/s1. The Balaban J connectivity index is 2.48. The number of rotatable bonds is 6. The fraction of sp³-hybridized carbons (Fsp3) is 0.429. The van der Waals surface area contributed by atoms with Crippen molar-refractivity contribution in [2.24, 2.45) is 0 Å². The molecule has 0 aliphatic rings. The largest absolute Gasteiger partial charge is 0.394 e. The Bertz CT molecular complexity index is 420. The van der Waals surface area contributed by atoms with Crippen LogP contribution in [-0.2, 0) is 16.0 Å². The zero-order valence-corrected chi connectivity index (χ0v) is 11.3. The lowest BCUT2D eigenvalue weighted by atomic mass is 10.1. The molecule has 0 aliphatic carbocycles. The molecule has 0 saturated heterocycles. The van der Waals surface area contributed by atoms with Gasteiger partial charge in [0.25, 0.3) is 0 Å². The molecule has 0 aliphatic heterocycles. The van der Waals surface area contributed by atoms with Gasteiger partial charge in [-0.1, -0.05) is 30.3 Å². The Hall–Kier alpha value is -1.88. The van der Waals surface area contributed by atoms with Gasteiger partial charge in [0.1, 0.15) is 0 Å². The van der Waals surface area contributed by atoms with Crippen molar-refractivity contribution in [2.45, 2.75) is 19.4 Å². The Morgan fingerprint density at radius 3 is 2.47 bits per heavy atom. The van der Waals surface area contributed by atoms with E-state index < -0.39 is 0 Å². The van der Waals surface area contributed by atoms with Crippen LogP contribution in [0.5, 0.6) is 0 Å². The van der Waals surface area contributed by atoms with E-state index in [0.29, 0.717) is 6.42 Å². The Labute approximate surface area is 113 Å². The summed E-state index contributed by atoms with van der Waals surface area (Å²) in [6, 6.07) is 9.28. The summed E-state index contributed by atoms with van der Waals surface area (Å²) in [5, 5.41) is 12.0. The molecule has 0 fully saturated rings. The molecule has 5 heteroatoms. The molecule has 0 saturated carbocycles. The van der Waals surface area contributed by atoms with Crippen molar-refractivity contribution in [1.82, 2.24) is 10.2 Å². The first-order valence-corrected chi connectivity index (χ1v) is 6.18. The van der Waals surface area contributed by atoms with Crippen LogP contribution in [0.3, 0.4) is 0 Å². The number of aliphatic hydroxyl groups is 1. The maximum absolute atomic E-state index is 11.7. The first kappa shape index (κ1) is 15.2. The smallest absolute Gasteiger partial charge is 0.239 e. The summed E-state index contributed by atoms with van der Waals surface area (Å²) < 4.78 is 0. The second kappa shape index (κ2) is 7.53. The van der Waals surface area contributed by atoms with E-state index in [2.05, 4.69) is 5.32 Å². The average Bonchev–Trinajstić information content (AvgIpc) is 2.38. The third-order valence-electron chi connectivity index (χ3n) is 2.83. The van der Waals surface area contributed by atoms with Gasteiger partial charge in [0.2, 0.25) is 11.8 Å². The third-order valence-corrected chi connectivity index (χ3v) is 2.83. The van der Waals surface area contributed by atoms with E-state index in [9.17, 15) is 14.7 Å². The van der Waals surface area contributed by atoms with Gasteiger partial charge in [0.05, 0.1) is 19.2 Å². The van der Waals surface area contributed by atoms with Crippen molar-refractivity contribution in [3.8, 4) is 0 Å². The monoisotopic (exact) mass is 264 g/mol. The highest BCUT2D eigenvalue weighted by molar-refractivity contribution is 5.83. The molecule has 5 nitrogen and oxygen atoms in total. The number of hydrogen-bond acceptors (Lipinski definition) is 3. The minimum Gasteiger partial charge on any atom is -0.394 e. The minimum atomic E-state index is -0.338. The molecule has 0 heterocycles. The third kappa shape index (κ3) is 5.52. The summed E-state index contributed by atoms with van der Waals surface area (Å²) in [5.74, 6) is -0.438. The van der Waals surface area contributed by atoms with Gasteiger partial charge in [-0.25, -0.2) is 0 Å². The van der Waals surface area contributed by atoms with E-state index in [4.69, 9.17) is 0 Å². The van der Waals surface area contributed by atoms with Crippen molar-refractivity contribution in [1.29, 1.82) is 0 Å². The van der Waals surface area contributed by atoms with Crippen LogP contribution in [0, 0.1) is 0 Å². The van der Waals surface area contributed by atoms with E-state index in [1.54, 1.807) is 7.05 Å². The van der Waals surface area contributed by atoms with Crippen LogP contribution in [-0.4, -0.2) is 48.1 Å². The van der Waals surface area contributed by atoms with Crippen LogP contribution in [0.4, 0.5) is 0 Å². The van der Waals surface area contributed by atoms with Gasteiger partial charge in [-0.05, 0) is 12.0 Å². The number of carbonyl (C=O) groups excluding carboxylic acids is 2. The fourth-order valence-corrected chi connectivity index (χ4v) is 1.66. The van der Waals surface area contributed by atoms with E-state index >= 15 is 0 Å². The molecule has 1 aromatic rings. The lowest BCUT2D eigenvalue weighted by Gasteiger charge is -2.19. The van der Waals surface area contributed by atoms with Crippen LogP contribution in [0.15, 0.2) is 30.3 Å². The SMILES string of the molecule is CC(=O)N(C)CC(=O)N[C@@H](CO)Cc1ccccc1. The van der Waals surface area contributed by atoms with E-state index in [0.717, 1.165) is 5.56 Å². The zero-order chi connectivity index (χ0) is 14.3. The maximum atomic E-state index is 11.7. The second-order valence-electron chi connectivity index (χ2n) is 4.51. The molecule has 1 atom stereocenters. The quantitative estimate of drug-likeness (QED) is 0.770. The summed E-state index contributed by atoms with van der Waals surface area (Å²) >= 11 is 0. The van der Waals surface area contributed by atoms with Gasteiger partial charge in [-0.2, -0.15) is 0 Å². The molecule has 0 radical (unpaired) electrons. The molecular weight excluding hydrogens is 244 g/mol. The number of likely N-dealkylation sites (N-methyl/N-ethyl adjacent to an activating group) is 1. The summed E-state index contributed by atoms with van der Waals surface area (Å²) in [7, 11) is 1.56. The molecule has 1 rings (SSSR count). The number of hydrogen-bond donors (Lipinski definition) is 2. The summed E-state index contributed by atoms with van der Waals surface area (Å²) in [5.41, 5.74) is 1.04. The number of nitrogens with zero attached hydrogens (tertiary/aromatic N) is 1. The normalized spacial score (nSPS) is 11.7. The molecule has 0 spiro atoms. The van der Waals surface area contributed by atoms with Crippen molar-refractivity contribution in [3.05, 3.63) is 35.9 Å². The van der Waals surface area contributed by atoms with Gasteiger partial charge >= 0.3 is 0 Å². The predicted molar refractivity (Wildman–Crippen MR) is 72.5 cm³/mol. The van der Waals surface area contributed by atoms with Crippen molar-refractivity contribution < 1.29 is 14.7 Å². The van der Waals surface area contributed by atoms with Crippen LogP contribution >= 0.6 is 0 Å². The highest BCUT2D eigenvalue weighted by atomic mass is 16.3. The molecule has 104 valence electrons. The fourth-order valence-electron chi connectivity index (χ4n) is 1.66. The van der Waals surface area contributed by atoms with Gasteiger partial charge in [-0.15, -0.1) is 0 Å². The molecule has 0 unspecified atom stereocenters. The Kier molecular flexibility index (Phi) is 6.02. The van der Waals surface area contributed by atoms with Crippen molar-refractivity contribution in [2.75, 3.05) is 20.2 Å². The molecule has 0 bridgehead atoms. The Morgan fingerprint density at radius 2 is 1.95 bits per heavy atom. The van der Waals surface area contributed by atoms with Crippen LogP contribution in [0.25, 0.3) is 0 Å². The highest BCUT2D eigenvalue weighted by Crippen LogP contribution is 2.02. The van der Waals surface area contributed by atoms with Crippen molar-refractivity contribution >= 4 is 11.8 Å². The lowest BCUT2D eigenvalue weighted by molar-refractivity contribution is -0.133. The minimum absolute atomic E-state index is 0.000618. The highest BCUT2D eigenvalue weighted by Gasteiger charge is 2.14. The molecule has 2 N–H and O–H groups in total. The van der Waals surface area contributed by atoms with Crippen LogP contribution in [0.1, 0.15) is 12.5 Å². The van der Waals surface area contributed by atoms with E-state index in [-0.39, 0.29) is 31.0 Å². The molecule has 2 amide bonds. The van der Waals surface area contributed by atoms with Crippen LogP contribution < -0.4 is 5.32 Å². The molecule has 19 heavy (non-hydrogen) atoms. The summed E-state index contributed by atoms with van der Waals surface area (Å²) in [4.78, 5) is 24.0. The number of nitrogens with one attached hydrogen (secondary N) is 1.